The van der Waals surface area contributed by atoms with E-state index >= 15 is 0 Å². The average Bonchev–Trinajstić information content (AvgIpc) is 2.75. The number of amides is 3. The summed E-state index contributed by atoms with van der Waals surface area (Å²) in [4.78, 5) is 49.4. The Morgan fingerprint density at radius 3 is 2.03 bits per heavy atom. The monoisotopic (exact) mass is 448 g/mol. The largest absolute Gasteiger partial charge is 0.480 e. The van der Waals surface area contributed by atoms with E-state index in [4.69, 9.17) is 5.73 Å². The van der Waals surface area contributed by atoms with Gasteiger partial charge < -0.3 is 26.8 Å². The van der Waals surface area contributed by atoms with Gasteiger partial charge >= 0.3 is 5.97 Å². The summed E-state index contributed by atoms with van der Waals surface area (Å²) >= 11 is 0. The summed E-state index contributed by atoms with van der Waals surface area (Å²) in [5, 5.41) is 17.4. The Morgan fingerprint density at radius 2 is 1.53 bits per heavy atom. The zero-order valence-electron chi connectivity index (χ0n) is 19.3. The second-order valence-corrected chi connectivity index (χ2v) is 8.41. The van der Waals surface area contributed by atoms with Crippen LogP contribution in [0.1, 0.15) is 46.1 Å². The molecule has 0 saturated heterocycles. The molecular weight excluding hydrogens is 412 g/mol. The first-order chi connectivity index (χ1) is 15.1. The molecular formula is C23H36N4O5. The van der Waals surface area contributed by atoms with Crippen molar-refractivity contribution in [2.45, 2.75) is 65.1 Å². The molecule has 4 atom stereocenters. The Kier molecular flexibility index (Phi) is 11.4. The van der Waals surface area contributed by atoms with Crippen LogP contribution < -0.4 is 21.7 Å². The van der Waals surface area contributed by atoms with Gasteiger partial charge in [0.2, 0.25) is 17.7 Å². The van der Waals surface area contributed by atoms with Gasteiger partial charge in [-0.25, -0.2) is 4.79 Å². The van der Waals surface area contributed by atoms with Gasteiger partial charge in [-0.1, -0.05) is 64.4 Å². The normalized spacial score (nSPS) is 14.7. The fourth-order valence-electron chi connectivity index (χ4n) is 3.22. The SMILES string of the molecule is CCC(C)C(NC(=O)CN)C(=O)NC(CC(C)C)C(=O)NC(Cc1ccccc1)C(=O)O. The van der Waals surface area contributed by atoms with E-state index in [9.17, 15) is 24.3 Å². The molecule has 0 fully saturated rings. The van der Waals surface area contributed by atoms with Crippen LogP contribution in [0.3, 0.4) is 0 Å². The Hall–Kier alpha value is -2.94. The minimum Gasteiger partial charge on any atom is -0.480 e. The third-order valence-electron chi connectivity index (χ3n) is 5.23. The molecule has 1 rings (SSSR count). The highest BCUT2D eigenvalue weighted by Crippen LogP contribution is 2.11. The molecule has 0 aliphatic heterocycles. The number of hydrogen-bond donors (Lipinski definition) is 5. The maximum atomic E-state index is 13.0. The fraction of sp³-hybridized carbons (Fsp3) is 0.565. The van der Waals surface area contributed by atoms with Crippen molar-refractivity contribution in [1.82, 2.24) is 16.0 Å². The Balaban J connectivity index is 2.98. The van der Waals surface area contributed by atoms with Crippen LogP contribution in [-0.4, -0.2) is 53.5 Å². The van der Waals surface area contributed by atoms with Crippen LogP contribution in [0.2, 0.25) is 0 Å². The van der Waals surface area contributed by atoms with Gasteiger partial charge in [0.25, 0.3) is 0 Å². The van der Waals surface area contributed by atoms with Gasteiger partial charge in [-0.3, -0.25) is 14.4 Å². The summed E-state index contributed by atoms with van der Waals surface area (Å²) < 4.78 is 0. The number of nitrogens with two attached hydrogens (primary N) is 1. The number of benzene rings is 1. The topological polar surface area (TPSA) is 151 Å². The Morgan fingerprint density at radius 1 is 0.938 bits per heavy atom. The fourth-order valence-corrected chi connectivity index (χ4v) is 3.22. The molecule has 9 nitrogen and oxygen atoms in total. The molecule has 4 unspecified atom stereocenters. The second kappa shape index (κ2) is 13.5. The van der Waals surface area contributed by atoms with E-state index in [1.165, 1.54) is 0 Å². The highest BCUT2D eigenvalue weighted by Gasteiger charge is 2.31. The standard InChI is InChI=1S/C23H36N4O5/c1-5-15(4)20(27-19(28)13-24)22(30)25-17(11-14(2)3)21(29)26-18(23(31)32)12-16-9-7-6-8-10-16/h6-10,14-15,17-18,20H,5,11-13,24H2,1-4H3,(H,25,30)(H,26,29)(H,27,28)(H,31,32). The number of carboxylic acids is 1. The Labute approximate surface area is 189 Å². The summed E-state index contributed by atoms with van der Waals surface area (Å²) in [6, 6.07) is 6.05. The van der Waals surface area contributed by atoms with Crippen LogP contribution in [0.5, 0.6) is 0 Å². The molecule has 32 heavy (non-hydrogen) atoms. The molecule has 0 aliphatic carbocycles. The number of aliphatic carboxylic acids is 1. The molecule has 0 radical (unpaired) electrons. The molecule has 0 aliphatic rings. The summed E-state index contributed by atoms with van der Waals surface area (Å²) in [6.07, 6.45) is 1.06. The Bertz CT molecular complexity index is 769. The van der Waals surface area contributed by atoms with Crippen molar-refractivity contribution in [3.8, 4) is 0 Å². The lowest BCUT2D eigenvalue weighted by Crippen LogP contribution is -2.58. The van der Waals surface area contributed by atoms with Crippen LogP contribution in [0, 0.1) is 11.8 Å². The molecule has 1 aromatic carbocycles. The molecule has 0 spiro atoms. The summed E-state index contributed by atoms with van der Waals surface area (Å²) in [5.41, 5.74) is 6.13. The summed E-state index contributed by atoms with van der Waals surface area (Å²) in [7, 11) is 0. The average molecular weight is 449 g/mol. The third-order valence-corrected chi connectivity index (χ3v) is 5.23. The van der Waals surface area contributed by atoms with Crippen molar-refractivity contribution in [3.05, 3.63) is 35.9 Å². The van der Waals surface area contributed by atoms with Gasteiger partial charge in [0.05, 0.1) is 6.54 Å². The van der Waals surface area contributed by atoms with Gasteiger partial charge in [0.15, 0.2) is 0 Å². The van der Waals surface area contributed by atoms with E-state index in [2.05, 4.69) is 16.0 Å². The van der Waals surface area contributed by atoms with E-state index < -0.39 is 41.8 Å². The first kappa shape index (κ1) is 27.1. The quantitative estimate of drug-likeness (QED) is 0.301. The van der Waals surface area contributed by atoms with Crippen molar-refractivity contribution in [2.75, 3.05) is 6.54 Å². The minimum atomic E-state index is -1.16. The maximum Gasteiger partial charge on any atom is 0.326 e. The van der Waals surface area contributed by atoms with Crippen LogP contribution >= 0.6 is 0 Å². The van der Waals surface area contributed by atoms with Gasteiger partial charge in [0, 0.05) is 6.42 Å². The third kappa shape index (κ3) is 9.05. The van der Waals surface area contributed by atoms with Crippen molar-refractivity contribution in [3.63, 3.8) is 0 Å². The molecule has 6 N–H and O–H groups in total. The molecule has 0 heterocycles. The first-order valence-corrected chi connectivity index (χ1v) is 11.0. The van der Waals surface area contributed by atoms with E-state index in [0.717, 1.165) is 5.56 Å². The van der Waals surface area contributed by atoms with Gasteiger partial charge in [-0.2, -0.15) is 0 Å². The molecule has 3 amide bonds. The maximum absolute atomic E-state index is 13.0. The van der Waals surface area contributed by atoms with Crippen LogP contribution in [0.15, 0.2) is 30.3 Å². The van der Waals surface area contributed by atoms with Crippen molar-refractivity contribution in [2.24, 2.45) is 17.6 Å². The van der Waals surface area contributed by atoms with E-state index in [1.54, 1.807) is 24.3 Å². The lowest BCUT2D eigenvalue weighted by atomic mass is 9.96. The molecule has 9 heteroatoms. The van der Waals surface area contributed by atoms with Crippen LogP contribution in [-0.2, 0) is 25.6 Å². The number of rotatable bonds is 13. The van der Waals surface area contributed by atoms with Crippen molar-refractivity contribution in [1.29, 1.82) is 0 Å². The molecule has 0 saturated carbocycles. The number of carboxylic acid groups (broad SMARTS) is 1. The smallest absolute Gasteiger partial charge is 0.326 e. The number of carbonyl (C=O) groups is 4. The highest BCUT2D eigenvalue weighted by molar-refractivity contribution is 5.93. The molecule has 0 aromatic heterocycles. The van der Waals surface area contributed by atoms with Crippen LogP contribution in [0.4, 0.5) is 0 Å². The number of carbonyl (C=O) groups excluding carboxylic acids is 3. The number of nitrogens with one attached hydrogen (secondary N) is 3. The van der Waals surface area contributed by atoms with Gasteiger partial charge in [0.1, 0.15) is 18.1 Å². The van der Waals surface area contributed by atoms with Crippen LogP contribution in [0.25, 0.3) is 0 Å². The predicted octanol–water partition coefficient (Wildman–Crippen LogP) is 0.819. The number of hydrogen-bond acceptors (Lipinski definition) is 5. The zero-order valence-corrected chi connectivity index (χ0v) is 19.3. The second-order valence-electron chi connectivity index (χ2n) is 8.41. The predicted molar refractivity (Wildman–Crippen MR) is 122 cm³/mol. The first-order valence-electron chi connectivity index (χ1n) is 11.0. The lowest BCUT2D eigenvalue weighted by molar-refractivity contribution is -0.142. The van der Waals surface area contributed by atoms with E-state index in [1.807, 2.05) is 33.8 Å². The van der Waals surface area contributed by atoms with Crippen molar-refractivity contribution >= 4 is 23.7 Å². The highest BCUT2D eigenvalue weighted by atomic mass is 16.4. The summed E-state index contributed by atoms with van der Waals surface area (Å²) in [5.74, 6) is -2.84. The zero-order chi connectivity index (χ0) is 24.3. The van der Waals surface area contributed by atoms with Gasteiger partial charge in [-0.05, 0) is 23.8 Å². The van der Waals surface area contributed by atoms with Crippen molar-refractivity contribution < 1.29 is 24.3 Å². The van der Waals surface area contributed by atoms with E-state index in [0.29, 0.717) is 12.8 Å². The molecule has 178 valence electrons. The van der Waals surface area contributed by atoms with E-state index in [-0.39, 0.29) is 24.8 Å². The summed E-state index contributed by atoms with van der Waals surface area (Å²) in [6.45, 7) is 7.24. The lowest BCUT2D eigenvalue weighted by Gasteiger charge is -2.27. The minimum absolute atomic E-state index is 0.0594. The molecule has 0 bridgehead atoms. The van der Waals surface area contributed by atoms with Gasteiger partial charge in [-0.15, -0.1) is 0 Å². The molecule has 1 aromatic rings.